The maximum absolute atomic E-state index is 14.8. The first-order chi connectivity index (χ1) is 12.2. The monoisotopic (exact) mass is 469 g/mol. The van der Waals surface area contributed by atoms with E-state index in [0.29, 0.717) is 12.1 Å². The Morgan fingerprint density at radius 1 is 1.00 bits per heavy atom. The van der Waals surface area contributed by atoms with Crippen LogP contribution >= 0.6 is 39.1 Å². The molecule has 1 aliphatic rings. The highest BCUT2D eigenvalue weighted by atomic mass is 79.9. The molecule has 10 heteroatoms. The highest BCUT2D eigenvalue weighted by Crippen LogP contribution is 2.51. The minimum atomic E-state index is -1.14. The van der Waals surface area contributed by atoms with E-state index in [1.165, 1.54) is 0 Å². The van der Waals surface area contributed by atoms with Crippen LogP contribution in [0.15, 0.2) is 46.2 Å². The summed E-state index contributed by atoms with van der Waals surface area (Å²) in [6, 6.07) is 3.92. The molecule has 136 valence electrons. The molecule has 0 amide bonds. The molecule has 3 rings (SSSR count). The molecule has 3 nitrogen and oxygen atoms in total. The van der Waals surface area contributed by atoms with Crippen LogP contribution in [0.25, 0.3) is 0 Å². The molecule has 0 saturated carbocycles. The molecule has 1 N–H and O–H groups in total. The highest BCUT2D eigenvalue weighted by Gasteiger charge is 2.53. The molecule has 0 aromatic heterocycles. The normalized spacial score (nSPS) is 19.9. The summed E-state index contributed by atoms with van der Waals surface area (Å²) in [5.74, 6) is -4.04. The van der Waals surface area contributed by atoms with Crippen molar-refractivity contribution in [1.82, 2.24) is 4.48 Å². The van der Waals surface area contributed by atoms with Crippen molar-refractivity contribution in [3.63, 3.8) is 0 Å². The number of halogens is 7. The van der Waals surface area contributed by atoms with E-state index in [0.717, 1.165) is 18.2 Å². The smallest absolute Gasteiger partial charge is 0.288 e. The van der Waals surface area contributed by atoms with Crippen molar-refractivity contribution in [2.75, 3.05) is 6.61 Å². The molecule has 0 fully saturated rings. The standard InChI is InChI=1S/C16H8BrCl2F4N2O/c17-16-24-15(19)13(6-26)25(16,12-2-1-7(20)4-10(12)22)14-9(18)3-8(21)5-11(14)23/h1-5,26H,6H2/q+1. The summed E-state index contributed by atoms with van der Waals surface area (Å²) in [4.78, 5) is 3.93. The fraction of sp³-hybridized carbons (Fsp3) is 0.0625. The number of aliphatic hydroxyl groups is 1. The second kappa shape index (κ2) is 6.94. The van der Waals surface area contributed by atoms with Gasteiger partial charge in [0.05, 0.1) is 0 Å². The average molecular weight is 471 g/mol. The van der Waals surface area contributed by atoms with E-state index in [2.05, 4.69) is 20.9 Å². The number of aliphatic hydroxyl groups excluding tert-OH is 1. The molecule has 1 unspecified atom stereocenters. The number of hydrogen-bond donors (Lipinski definition) is 1. The SMILES string of the molecule is OCC1=C(Cl)N=C(Br)[N+]1(c1ccc(F)cc1F)c1c(F)cc(F)cc1Cl. The van der Waals surface area contributed by atoms with Gasteiger partial charge in [0, 0.05) is 34.1 Å². The summed E-state index contributed by atoms with van der Waals surface area (Å²) in [5, 5.41) is 9.15. The van der Waals surface area contributed by atoms with E-state index >= 15 is 0 Å². The molecule has 0 spiro atoms. The van der Waals surface area contributed by atoms with Crippen LogP contribution in [0.5, 0.6) is 0 Å². The summed E-state index contributed by atoms with van der Waals surface area (Å²) in [6.45, 7) is -0.763. The predicted octanol–water partition coefficient (Wildman–Crippen LogP) is 5.70. The topological polar surface area (TPSA) is 32.6 Å². The van der Waals surface area contributed by atoms with Crippen molar-refractivity contribution in [2.45, 2.75) is 0 Å². The van der Waals surface area contributed by atoms with E-state index in [-0.39, 0.29) is 21.3 Å². The number of benzene rings is 2. The Balaban J connectivity index is 2.50. The summed E-state index contributed by atoms with van der Waals surface area (Å²) in [6.07, 6.45) is 0. The van der Waals surface area contributed by atoms with Crippen LogP contribution in [0.4, 0.5) is 28.9 Å². The Labute approximate surface area is 163 Å². The number of hydrogen-bond acceptors (Lipinski definition) is 2. The number of rotatable bonds is 3. The van der Waals surface area contributed by atoms with Crippen molar-refractivity contribution < 1.29 is 22.7 Å². The van der Waals surface area contributed by atoms with Gasteiger partial charge in [-0.1, -0.05) is 23.2 Å². The van der Waals surface area contributed by atoms with E-state index in [1.807, 2.05) is 0 Å². The largest absolute Gasteiger partial charge is 0.386 e. The number of aliphatic imine (C=N–C) groups is 1. The molecule has 0 radical (unpaired) electrons. The molecule has 26 heavy (non-hydrogen) atoms. The minimum absolute atomic E-state index is 0.149. The highest BCUT2D eigenvalue weighted by molar-refractivity contribution is 9.18. The van der Waals surface area contributed by atoms with E-state index in [1.54, 1.807) is 0 Å². The van der Waals surface area contributed by atoms with Crippen molar-refractivity contribution in [2.24, 2.45) is 4.99 Å². The van der Waals surface area contributed by atoms with Crippen LogP contribution in [0, 0.1) is 23.3 Å². The quantitative estimate of drug-likeness (QED) is 0.348. The van der Waals surface area contributed by atoms with Gasteiger partial charge in [-0.25, -0.2) is 17.6 Å². The Hall–Kier alpha value is -1.45. The molecular formula is C16H8BrCl2F4N2O+. The van der Waals surface area contributed by atoms with E-state index in [9.17, 15) is 22.7 Å². The maximum atomic E-state index is 14.8. The zero-order valence-corrected chi connectivity index (χ0v) is 15.7. The number of quaternary nitrogens is 1. The lowest BCUT2D eigenvalue weighted by Gasteiger charge is -2.34. The third-order valence-electron chi connectivity index (χ3n) is 3.85. The molecule has 0 saturated heterocycles. The molecule has 2 aromatic rings. The van der Waals surface area contributed by atoms with Gasteiger partial charge in [-0.3, -0.25) is 0 Å². The van der Waals surface area contributed by atoms with Gasteiger partial charge in [-0.05, 0) is 12.1 Å². The summed E-state index contributed by atoms with van der Waals surface area (Å²) >= 11 is 15.2. The molecule has 0 aliphatic carbocycles. The van der Waals surface area contributed by atoms with Gasteiger partial charge in [-0.15, -0.1) is 0 Å². The zero-order valence-electron chi connectivity index (χ0n) is 12.6. The molecule has 0 bridgehead atoms. The summed E-state index contributed by atoms with van der Waals surface area (Å²) in [5.41, 5.74) is -0.917. The lowest BCUT2D eigenvalue weighted by Crippen LogP contribution is -2.46. The Bertz CT molecular complexity index is 960. The Morgan fingerprint density at radius 2 is 1.65 bits per heavy atom. The van der Waals surface area contributed by atoms with Gasteiger partial charge in [0.15, 0.2) is 28.2 Å². The lowest BCUT2D eigenvalue weighted by atomic mass is 10.1. The Kier molecular flexibility index (Phi) is 5.15. The fourth-order valence-corrected chi connectivity index (χ4v) is 4.29. The van der Waals surface area contributed by atoms with E-state index in [4.69, 9.17) is 23.2 Å². The van der Waals surface area contributed by atoms with Gasteiger partial charge >= 0.3 is 0 Å². The lowest BCUT2D eigenvalue weighted by molar-refractivity contribution is 0.309. The van der Waals surface area contributed by atoms with Crippen molar-refractivity contribution in [1.29, 1.82) is 0 Å². The van der Waals surface area contributed by atoms with Crippen LogP contribution in [0.2, 0.25) is 5.02 Å². The van der Waals surface area contributed by atoms with E-state index < -0.39 is 45.1 Å². The Morgan fingerprint density at radius 3 is 2.23 bits per heavy atom. The second-order valence-corrected chi connectivity index (χ2v) is 6.74. The molecular weight excluding hydrogens is 463 g/mol. The van der Waals surface area contributed by atoms with Gasteiger partial charge < -0.3 is 5.11 Å². The first-order valence-electron chi connectivity index (χ1n) is 6.98. The van der Waals surface area contributed by atoms with Crippen LogP contribution in [0.1, 0.15) is 0 Å². The minimum Gasteiger partial charge on any atom is -0.386 e. The van der Waals surface area contributed by atoms with Crippen molar-refractivity contribution in [3.8, 4) is 0 Å². The molecule has 1 heterocycles. The van der Waals surface area contributed by atoms with Gasteiger partial charge in [0.2, 0.25) is 5.69 Å². The molecule has 1 atom stereocenters. The van der Waals surface area contributed by atoms with Gasteiger partial charge in [0.1, 0.15) is 23.3 Å². The predicted molar refractivity (Wildman–Crippen MR) is 95.5 cm³/mol. The second-order valence-electron chi connectivity index (χ2n) is 5.26. The van der Waals surface area contributed by atoms with Crippen molar-refractivity contribution in [3.05, 3.63) is 69.5 Å². The average Bonchev–Trinajstić information content (AvgIpc) is 2.77. The maximum Gasteiger partial charge on any atom is 0.288 e. The van der Waals surface area contributed by atoms with Crippen LogP contribution in [-0.2, 0) is 0 Å². The number of amidine groups is 1. The first kappa shape index (κ1) is 19.3. The van der Waals surface area contributed by atoms with Gasteiger partial charge in [0.25, 0.3) is 4.74 Å². The summed E-state index contributed by atoms with van der Waals surface area (Å²) in [7, 11) is 0. The van der Waals surface area contributed by atoms with Crippen LogP contribution in [0.3, 0.4) is 0 Å². The third kappa shape index (κ3) is 2.76. The molecule has 1 aliphatic heterocycles. The summed E-state index contributed by atoms with van der Waals surface area (Å²) < 4.78 is 55.2. The fourth-order valence-electron chi connectivity index (χ4n) is 2.84. The van der Waals surface area contributed by atoms with Crippen molar-refractivity contribution >= 4 is 55.3 Å². The molecule has 2 aromatic carbocycles. The third-order valence-corrected chi connectivity index (χ3v) is 5.15. The first-order valence-corrected chi connectivity index (χ1v) is 8.53. The van der Waals surface area contributed by atoms with Crippen LogP contribution in [-0.4, -0.2) is 16.5 Å². The van der Waals surface area contributed by atoms with Crippen LogP contribution < -0.4 is 4.48 Å². The van der Waals surface area contributed by atoms with Gasteiger partial charge in [-0.2, -0.15) is 9.48 Å². The zero-order chi connectivity index (χ0) is 19.2. The number of nitrogens with zero attached hydrogens (tertiary/aromatic N) is 2.